The van der Waals surface area contributed by atoms with E-state index < -0.39 is 35.7 Å². The standard InChI is InChI=1S/C28H50O8/c1-17(2)31-27(9,32-18(3)4)35-25(29)23-16-15-21-13-11-12-14-22(21)24(23)26(30)36-28(10,33-19(5)6)34-20(7)8/h17-24H,11-16H2,1-10H3. The lowest BCUT2D eigenvalue weighted by atomic mass is 9.61. The molecule has 4 unspecified atom stereocenters. The Balaban J connectivity index is 2.34. The number of carbonyl (C=O) groups is 2. The van der Waals surface area contributed by atoms with Crippen molar-refractivity contribution in [2.75, 3.05) is 0 Å². The molecule has 2 aliphatic carbocycles. The molecule has 0 N–H and O–H groups in total. The molecule has 2 rings (SSSR count). The molecule has 0 bridgehead atoms. The number of carbonyl (C=O) groups excluding carboxylic acids is 2. The molecule has 2 saturated carbocycles. The summed E-state index contributed by atoms with van der Waals surface area (Å²) in [6, 6.07) is 0. The summed E-state index contributed by atoms with van der Waals surface area (Å²) in [5.74, 6) is -4.96. The van der Waals surface area contributed by atoms with Crippen LogP contribution < -0.4 is 0 Å². The van der Waals surface area contributed by atoms with E-state index in [-0.39, 0.29) is 30.3 Å². The molecule has 0 saturated heterocycles. The van der Waals surface area contributed by atoms with Crippen LogP contribution in [0.25, 0.3) is 0 Å². The summed E-state index contributed by atoms with van der Waals surface area (Å²) >= 11 is 0. The summed E-state index contributed by atoms with van der Waals surface area (Å²) < 4.78 is 35.3. The van der Waals surface area contributed by atoms with Crippen molar-refractivity contribution >= 4 is 11.9 Å². The van der Waals surface area contributed by atoms with Gasteiger partial charge in [0.05, 0.1) is 36.3 Å². The first-order chi connectivity index (χ1) is 16.6. The summed E-state index contributed by atoms with van der Waals surface area (Å²) in [6.07, 6.45) is 4.64. The fourth-order valence-corrected chi connectivity index (χ4v) is 5.92. The van der Waals surface area contributed by atoms with Crippen LogP contribution in [0.2, 0.25) is 0 Å². The molecule has 0 radical (unpaired) electrons. The van der Waals surface area contributed by atoms with Crippen LogP contribution >= 0.6 is 0 Å². The number of hydrogen-bond donors (Lipinski definition) is 0. The van der Waals surface area contributed by atoms with E-state index in [1.807, 2.05) is 55.4 Å². The van der Waals surface area contributed by atoms with E-state index in [9.17, 15) is 9.59 Å². The van der Waals surface area contributed by atoms with Gasteiger partial charge in [0.25, 0.3) is 0 Å². The Labute approximate surface area is 218 Å². The number of hydrogen-bond acceptors (Lipinski definition) is 8. The van der Waals surface area contributed by atoms with Gasteiger partial charge in [0.15, 0.2) is 0 Å². The van der Waals surface area contributed by atoms with Gasteiger partial charge in [-0.2, -0.15) is 0 Å². The van der Waals surface area contributed by atoms with Crippen molar-refractivity contribution in [1.82, 2.24) is 0 Å². The lowest BCUT2D eigenvalue weighted by molar-refractivity contribution is -0.379. The smallest absolute Gasteiger partial charge is 0.326 e. The predicted octanol–water partition coefficient (Wildman–Crippen LogP) is 5.95. The normalized spacial score (nSPS) is 25.4. The fourth-order valence-electron chi connectivity index (χ4n) is 5.92. The van der Waals surface area contributed by atoms with E-state index in [1.54, 1.807) is 13.8 Å². The third kappa shape index (κ3) is 8.96. The molecule has 2 aliphatic rings. The van der Waals surface area contributed by atoms with Crippen LogP contribution in [0.15, 0.2) is 0 Å². The molecule has 0 aromatic rings. The van der Waals surface area contributed by atoms with E-state index in [4.69, 9.17) is 28.4 Å². The first kappa shape index (κ1) is 31.0. The van der Waals surface area contributed by atoms with Gasteiger partial charge in [-0.05, 0) is 86.5 Å². The monoisotopic (exact) mass is 514 g/mol. The molecule has 0 spiro atoms. The van der Waals surface area contributed by atoms with Crippen LogP contribution in [0.5, 0.6) is 0 Å². The molecule has 0 heterocycles. The Morgan fingerprint density at radius 3 is 1.47 bits per heavy atom. The third-order valence-electron chi connectivity index (χ3n) is 6.66. The highest BCUT2D eigenvalue weighted by molar-refractivity contribution is 5.83. The maximum absolute atomic E-state index is 13.8. The number of ether oxygens (including phenoxy) is 6. The van der Waals surface area contributed by atoms with E-state index in [2.05, 4.69) is 0 Å². The molecular weight excluding hydrogens is 464 g/mol. The molecule has 36 heavy (non-hydrogen) atoms. The molecular formula is C28H50O8. The minimum absolute atomic E-state index is 0.0446. The second kappa shape index (κ2) is 13.0. The van der Waals surface area contributed by atoms with Crippen LogP contribution in [0.4, 0.5) is 0 Å². The van der Waals surface area contributed by atoms with Crippen molar-refractivity contribution in [3.05, 3.63) is 0 Å². The maximum Gasteiger partial charge on any atom is 0.326 e. The highest BCUT2D eigenvalue weighted by atomic mass is 16.9. The SMILES string of the molecule is CC(C)OC(C)(OC(=O)C1CCC2CCCCC2C1C(=O)OC(C)(OC(C)C)OC(C)C)OC(C)C. The van der Waals surface area contributed by atoms with Gasteiger partial charge in [0, 0.05) is 13.8 Å². The molecule has 8 heteroatoms. The summed E-state index contributed by atoms with van der Waals surface area (Å²) in [4.78, 5) is 27.4. The van der Waals surface area contributed by atoms with Crippen molar-refractivity contribution in [2.45, 2.75) is 144 Å². The van der Waals surface area contributed by atoms with Crippen LogP contribution in [0.3, 0.4) is 0 Å². The van der Waals surface area contributed by atoms with E-state index >= 15 is 0 Å². The lowest BCUT2D eigenvalue weighted by Crippen LogP contribution is -2.51. The zero-order valence-corrected chi connectivity index (χ0v) is 24.1. The average molecular weight is 515 g/mol. The van der Waals surface area contributed by atoms with Crippen LogP contribution in [0.1, 0.15) is 108 Å². The van der Waals surface area contributed by atoms with Gasteiger partial charge in [-0.1, -0.05) is 19.3 Å². The van der Waals surface area contributed by atoms with Gasteiger partial charge in [-0.15, -0.1) is 0 Å². The summed E-state index contributed by atoms with van der Waals surface area (Å²) in [6.45, 7) is 18.1. The highest BCUT2D eigenvalue weighted by Gasteiger charge is 2.51. The molecule has 8 nitrogen and oxygen atoms in total. The van der Waals surface area contributed by atoms with E-state index in [1.165, 1.54) is 0 Å². The Morgan fingerprint density at radius 2 is 1.03 bits per heavy atom. The first-order valence-electron chi connectivity index (χ1n) is 13.8. The van der Waals surface area contributed by atoms with Gasteiger partial charge >= 0.3 is 23.9 Å². The number of esters is 2. The summed E-state index contributed by atoms with van der Waals surface area (Å²) in [5, 5.41) is 0. The molecule has 4 atom stereocenters. The van der Waals surface area contributed by atoms with E-state index in [0.29, 0.717) is 12.3 Å². The quantitative estimate of drug-likeness (QED) is 0.233. The fraction of sp³-hybridized carbons (Fsp3) is 0.929. The second-order valence-corrected chi connectivity index (χ2v) is 11.7. The third-order valence-corrected chi connectivity index (χ3v) is 6.66. The van der Waals surface area contributed by atoms with Crippen LogP contribution in [-0.2, 0) is 38.0 Å². The van der Waals surface area contributed by atoms with Gasteiger partial charge < -0.3 is 28.4 Å². The zero-order chi connectivity index (χ0) is 27.3. The van der Waals surface area contributed by atoms with Gasteiger partial charge in [0.2, 0.25) is 0 Å². The molecule has 0 amide bonds. The van der Waals surface area contributed by atoms with Crippen molar-refractivity contribution < 1.29 is 38.0 Å². The molecule has 210 valence electrons. The second-order valence-electron chi connectivity index (χ2n) is 11.7. The Bertz CT molecular complexity index is 696. The Morgan fingerprint density at radius 1 is 0.611 bits per heavy atom. The molecule has 0 aliphatic heterocycles. The first-order valence-corrected chi connectivity index (χ1v) is 13.8. The van der Waals surface area contributed by atoms with Gasteiger partial charge in [-0.25, -0.2) is 0 Å². The Hall–Kier alpha value is -1.22. The van der Waals surface area contributed by atoms with Crippen molar-refractivity contribution in [1.29, 1.82) is 0 Å². The predicted molar refractivity (Wildman–Crippen MR) is 136 cm³/mol. The summed E-state index contributed by atoms with van der Waals surface area (Å²) in [5.41, 5.74) is 0. The van der Waals surface area contributed by atoms with Crippen molar-refractivity contribution in [3.8, 4) is 0 Å². The largest absolute Gasteiger partial charge is 0.408 e. The van der Waals surface area contributed by atoms with Crippen molar-refractivity contribution in [3.63, 3.8) is 0 Å². The summed E-state index contributed by atoms with van der Waals surface area (Å²) in [7, 11) is 0. The highest BCUT2D eigenvalue weighted by Crippen LogP contribution is 2.48. The van der Waals surface area contributed by atoms with Crippen LogP contribution in [0, 0.1) is 23.7 Å². The maximum atomic E-state index is 13.8. The molecule has 2 fully saturated rings. The zero-order valence-electron chi connectivity index (χ0n) is 24.1. The Kier molecular flexibility index (Phi) is 11.2. The average Bonchev–Trinajstić information content (AvgIpc) is 2.69. The van der Waals surface area contributed by atoms with E-state index in [0.717, 1.165) is 32.1 Å². The lowest BCUT2D eigenvalue weighted by Gasteiger charge is -2.45. The topological polar surface area (TPSA) is 89.5 Å². The van der Waals surface area contributed by atoms with Crippen LogP contribution in [-0.4, -0.2) is 48.3 Å². The number of rotatable bonds is 12. The van der Waals surface area contributed by atoms with Gasteiger partial charge in [-0.3, -0.25) is 9.59 Å². The molecule has 0 aromatic carbocycles. The number of fused-ring (bicyclic) bond motifs is 1. The minimum atomic E-state index is -1.55. The van der Waals surface area contributed by atoms with Gasteiger partial charge in [0.1, 0.15) is 0 Å². The molecule has 0 aromatic heterocycles. The minimum Gasteiger partial charge on any atom is -0.408 e. The van der Waals surface area contributed by atoms with Crippen molar-refractivity contribution in [2.24, 2.45) is 23.7 Å².